The maximum atomic E-state index is 12.1. The molecule has 0 atom stereocenters. The van der Waals surface area contributed by atoms with Gasteiger partial charge in [0.2, 0.25) is 5.95 Å². The van der Waals surface area contributed by atoms with E-state index in [9.17, 15) is 9.59 Å². The number of nitrogens with zero attached hydrogens (tertiary/aromatic N) is 5. The fourth-order valence-electron chi connectivity index (χ4n) is 3.86. The molecule has 0 saturated carbocycles. The van der Waals surface area contributed by atoms with E-state index in [1.807, 2.05) is 0 Å². The van der Waals surface area contributed by atoms with Crippen LogP contribution in [0.25, 0.3) is 11.0 Å². The lowest BCUT2D eigenvalue weighted by Crippen LogP contribution is -2.29. The molecular weight excluding hydrogens is 438 g/mol. The van der Waals surface area contributed by atoms with E-state index in [0.717, 1.165) is 24.3 Å². The smallest absolute Gasteiger partial charge is 0.253 e. The number of carbonyl (C=O) groups is 2. The number of hydrogen-bond acceptors (Lipinski definition) is 9. The number of nitrogen functional groups attached to an aromatic ring is 1. The summed E-state index contributed by atoms with van der Waals surface area (Å²) in [5, 5.41) is 7.95. The van der Waals surface area contributed by atoms with Crippen LogP contribution in [-0.4, -0.2) is 57.2 Å². The highest BCUT2D eigenvalue weighted by Gasteiger charge is 2.26. The number of hydrogen-bond donors (Lipinski definition) is 2. The largest absolute Gasteiger partial charge is 0.496 e. The van der Waals surface area contributed by atoms with E-state index in [-0.39, 0.29) is 24.3 Å². The number of nitrogens with one attached hydrogen (secondary N) is 1. The van der Waals surface area contributed by atoms with E-state index in [1.165, 1.54) is 19.3 Å². The minimum atomic E-state index is -0.359. The Morgan fingerprint density at radius 1 is 1.06 bits per heavy atom. The molecule has 0 bridgehead atoms. The van der Waals surface area contributed by atoms with Gasteiger partial charge in [0.05, 0.1) is 39.1 Å². The quantitative estimate of drug-likeness (QED) is 0.340. The van der Waals surface area contributed by atoms with Crippen molar-refractivity contribution in [3.8, 4) is 11.5 Å². The van der Waals surface area contributed by atoms with Gasteiger partial charge in [-0.25, -0.2) is 4.98 Å². The number of unbranched alkanes of at least 4 members (excludes halogenated alkanes) is 1. The first-order valence-electron chi connectivity index (χ1n) is 11.0. The molecular formula is C23H27N7O4. The lowest BCUT2D eigenvalue weighted by atomic mass is 10.1. The molecule has 11 heteroatoms. The third kappa shape index (κ3) is 4.49. The second-order valence-electron chi connectivity index (χ2n) is 7.81. The summed E-state index contributed by atoms with van der Waals surface area (Å²) in [5.74, 6) is 1.13. The molecule has 3 N–H and O–H groups in total. The highest BCUT2D eigenvalue weighted by molar-refractivity contribution is 6.12. The number of carbonyl (C=O) groups excluding carboxylic acids is 2. The zero-order valence-corrected chi connectivity index (χ0v) is 19.4. The number of benzene rings is 1. The van der Waals surface area contributed by atoms with Gasteiger partial charge in [0.1, 0.15) is 17.0 Å². The van der Waals surface area contributed by atoms with Gasteiger partial charge >= 0.3 is 0 Å². The van der Waals surface area contributed by atoms with Gasteiger partial charge in [-0.2, -0.15) is 10.1 Å². The Bertz CT molecular complexity index is 1250. The van der Waals surface area contributed by atoms with Gasteiger partial charge in [-0.3, -0.25) is 19.2 Å². The Hall–Kier alpha value is -4.15. The molecule has 178 valence electrons. The van der Waals surface area contributed by atoms with E-state index >= 15 is 0 Å². The van der Waals surface area contributed by atoms with Gasteiger partial charge in [0.15, 0.2) is 11.3 Å². The van der Waals surface area contributed by atoms with Crippen LogP contribution in [0.2, 0.25) is 0 Å². The summed E-state index contributed by atoms with van der Waals surface area (Å²) in [4.78, 5) is 33.9. The molecule has 3 heterocycles. The van der Waals surface area contributed by atoms with Crippen molar-refractivity contribution in [1.82, 2.24) is 24.6 Å². The van der Waals surface area contributed by atoms with E-state index in [1.54, 1.807) is 30.1 Å². The zero-order chi connectivity index (χ0) is 24.2. The maximum absolute atomic E-state index is 12.1. The molecule has 2 aromatic heterocycles. The number of nitrogens with two attached hydrogens (primary N) is 1. The number of imide groups is 1. The molecule has 1 aliphatic rings. The predicted octanol–water partition coefficient (Wildman–Crippen LogP) is 2.11. The summed E-state index contributed by atoms with van der Waals surface area (Å²) >= 11 is 0. The lowest BCUT2D eigenvalue weighted by molar-refractivity contribution is -0.137. The van der Waals surface area contributed by atoms with Gasteiger partial charge in [-0.05, 0) is 18.6 Å². The summed E-state index contributed by atoms with van der Waals surface area (Å²) < 4.78 is 13.0. The maximum Gasteiger partial charge on any atom is 0.253 e. The van der Waals surface area contributed by atoms with Crippen molar-refractivity contribution in [2.24, 2.45) is 0 Å². The van der Waals surface area contributed by atoms with Crippen LogP contribution in [-0.2, 0) is 22.7 Å². The number of methoxy groups -OCH3 is 2. The van der Waals surface area contributed by atoms with Crippen molar-refractivity contribution in [3.05, 3.63) is 41.6 Å². The van der Waals surface area contributed by atoms with E-state index in [4.69, 9.17) is 15.2 Å². The highest BCUT2D eigenvalue weighted by Crippen LogP contribution is 2.34. The fraction of sp³-hybridized carbons (Fsp3) is 0.348. The van der Waals surface area contributed by atoms with Crippen LogP contribution in [0, 0.1) is 0 Å². The SMILES string of the molecule is CCCCNc1nc(N)nc2cn(Cc3c(OC)ccc(CN4C(=O)C=CC4=O)c3OC)nc12. The van der Waals surface area contributed by atoms with Gasteiger partial charge in [-0.1, -0.05) is 13.3 Å². The highest BCUT2D eigenvalue weighted by atomic mass is 16.5. The average molecular weight is 466 g/mol. The van der Waals surface area contributed by atoms with Crippen LogP contribution in [0.15, 0.2) is 30.5 Å². The molecule has 3 aromatic rings. The van der Waals surface area contributed by atoms with Crippen LogP contribution in [0.4, 0.5) is 11.8 Å². The van der Waals surface area contributed by atoms with E-state index in [0.29, 0.717) is 46.0 Å². The standard InChI is InChI=1S/C23H27N7O4/c1-4-5-10-25-22-20-16(26-23(24)27-22)13-29(28-20)12-15-17(33-2)7-6-14(21(15)34-3)11-30-18(31)8-9-19(30)32/h6-9,13H,4-5,10-12H2,1-3H3,(H3,24,25,26,27). The van der Waals surface area contributed by atoms with Crippen molar-refractivity contribution in [1.29, 1.82) is 0 Å². The van der Waals surface area contributed by atoms with Crippen LogP contribution in [0.3, 0.4) is 0 Å². The molecule has 0 aliphatic carbocycles. The number of rotatable bonds is 10. The molecule has 2 amide bonds. The van der Waals surface area contributed by atoms with Crippen LogP contribution >= 0.6 is 0 Å². The Labute approximate surface area is 196 Å². The molecule has 0 unspecified atom stereocenters. The Kier molecular flexibility index (Phi) is 6.62. The number of amides is 2. The van der Waals surface area contributed by atoms with Crippen molar-refractivity contribution >= 4 is 34.6 Å². The van der Waals surface area contributed by atoms with Crippen molar-refractivity contribution in [2.45, 2.75) is 32.9 Å². The van der Waals surface area contributed by atoms with Gasteiger partial charge in [0.25, 0.3) is 11.8 Å². The molecule has 34 heavy (non-hydrogen) atoms. The molecule has 0 saturated heterocycles. The third-order valence-corrected chi connectivity index (χ3v) is 5.52. The second kappa shape index (κ2) is 9.77. The molecule has 4 rings (SSSR count). The molecule has 11 nitrogen and oxygen atoms in total. The van der Waals surface area contributed by atoms with Crippen molar-refractivity contribution < 1.29 is 19.1 Å². The predicted molar refractivity (Wildman–Crippen MR) is 126 cm³/mol. The van der Waals surface area contributed by atoms with E-state index in [2.05, 4.69) is 27.3 Å². The van der Waals surface area contributed by atoms with Gasteiger partial charge in [-0.15, -0.1) is 0 Å². The topological polar surface area (TPSA) is 137 Å². The minimum absolute atomic E-state index is 0.0828. The number of fused-ring (bicyclic) bond motifs is 1. The van der Waals surface area contributed by atoms with E-state index < -0.39 is 0 Å². The Balaban J connectivity index is 1.69. The monoisotopic (exact) mass is 465 g/mol. The van der Waals surface area contributed by atoms with Crippen LogP contribution < -0.4 is 20.5 Å². The first-order valence-corrected chi connectivity index (χ1v) is 11.0. The molecule has 1 aliphatic heterocycles. The summed E-state index contributed by atoms with van der Waals surface area (Å²) in [6.07, 6.45) is 6.33. The summed E-state index contributed by atoms with van der Waals surface area (Å²) in [6.45, 7) is 3.24. The summed E-state index contributed by atoms with van der Waals surface area (Å²) in [5.41, 5.74) is 8.50. The van der Waals surface area contributed by atoms with Crippen LogP contribution in [0.1, 0.15) is 30.9 Å². The van der Waals surface area contributed by atoms with Crippen molar-refractivity contribution in [2.75, 3.05) is 31.8 Å². The average Bonchev–Trinajstić information content (AvgIpc) is 3.37. The first kappa shape index (κ1) is 23.0. The molecule has 0 radical (unpaired) electrons. The minimum Gasteiger partial charge on any atom is -0.496 e. The summed E-state index contributed by atoms with van der Waals surface area (Å²) in [6, 6.07) is 3.56. The number of aromatic nitrogens is 4. The molecule has 1 aromatic carbocycles. The van der Waals surface area contributed by atoms with Crippen molar-refractivity contribution in [3.63, 3.8) is 0 Å². The third-order valence-electron chi connectivity index (χ3n) is 5.52. The fourth-order valence-corrected chi connectivity index (χ4v) is 3.86. The number of anilines is 2. The Morgan fingerprint density at radius 2 is 1.82 bits per heavy atom. The molecule has 0 spiro atoms. The Morgan fingerprint density at radius 3 is 2.50 bits per heavy atom. The first-order chi connectivity index (χ1) is 16.4. The number of ether oxygens (including phenoxy) is 2. The normalized spacial score (nSPS) is 13.2. The van der Waals surface area contributed by atoms with Crippen LogP contribution in [0.5, 0.6) is 11.5 Å². The molecule has 0 fully saturated rings. The van der Waals surface area contributed by atoms with Gasteiger partial charge < -0.3 is 20.5 Å². The summed E-state index contributed by atoms with van der Waals surface area (Å²) in [7, 11) is 3.10. The van der Waals surface area contributed by atoms with Gasteiger partial charge in [0, 0.05) is 24.3 Å². The zero-order valence-electron chi connectivity index (χ0n) is 19.4. The second-order valence-corrected chi connectivity index (χ2v) is 7.81. The lowest BCUT2D eigenvalue weighted by Gasteiger charge is -2.20.